The monoisotopic (exact) mass is 284 g/mol. The predicted octanol–water partition coefficient (Wildman–Crippen LogP) is 3.74. The van der Waals surface area contributed by atoms with Gasteiger partial charge in [-0.2, -0.15) is 0 Å². The number of anilines is 1. The van der Waals surface area contributed by atoms with Crippen LogP contribution in [-0.2, 0) is 0 Å². The van der Waals surface area contributed by atoms with Crippen molar-refractivity contribution in [2.45, 2.75) is 0 Å². The summed E-state index contributed by atoms with van der Waals surface area (Å²) in [5, 5.41) is 3.96. The van der Waals surface area contributed by atoms with Crippen LogP contribution in [-0.4, -0.2) is 12.3 Å². The van der Waals surface area contributed by atoms with E-state index in [4.69, 9.17) is 15.0 Å². The molecule has 0 radical (unpaired) electrons. The molecule has 0 aliphatic heterocycles. The summed E-state index contributed by atoms with van der Waals surface area (Å²) in [6.07, 6.45) is 0. The van der Waals surface area contributed by atoms with Crippen molar-refractivity contribution >= 4 is 5.88 Å². The number of rotatable bonds is 3. The minimum atomic E-state index is -0.347. The number of benzene rings is 2. The first-order chi connectivity index (χ1) is 10.2. The largest absolute Gasteiger partial charge is 0.496 e. The first-order valence-electron chi connectivity index (χ1n) is 6.35. The molecule has 1 aromatic heterocycles. The van der Waals surface area contributed by atoms with Gasteiger partial charge >= 0.3 is 0 Å². The van der Waals surface area contributed by atoms with Crippen molar-refractivity contribution in [1.29, 1.82) is 0 Å². The van der Waals surface area contributed by atoms with Gasteiger partial charge in [0.25, 0.3) is 0 Å². The highest BCUT2D eigenvalue weighted by Crippen LogP contribution is 2.40. The van der Waals surface area contributed by atoms with Gasteiger partial charge in [0.15, 0.2) is 0 Å². The van der Waals surface area contributed by atoms with Gasteiger partial charge in [0.1, 0.15) is 17.3 Å². The highest BCUT2D eigenvalue weighted by atomic mass is 19.1. The lowest BCUT2D eigenvalue weighted by atomic mass is 10.00. The van der Waals surface area contributed by atoms with E-state index in [-0.39, 0.29) is 11.7 Å². The Morgan fingerprint density at radius 1 is 1.14 bits per heavy atom. The first kappa shape index (κ1) is 13.2. The van der Waals surface area contributed by atoms with Crippen LogP contribution >= 0.6 is 0 Å². The third-order valence-corrected chi connectivity index (χ3v) is 3.19. The quantitative estimate of drug-likeness (QED) is 0.796. The van der Waals surface area contributed by atoms with Crippen LogP contribution in [0, 0.1) is 5.82 Å². The average Bonchev–Trinajstić information content (AvgIpc) is 2.89. The number of nitrogen functional groups attached to an aromatic ring is 1. The maximum atomic E-state index is 13.4. The molecule has 0 spiro atoms. The second-order valence-electron chi connectivity index (χ2n) is 4.48. The van der Waals surface area contributed by atoms with Gasteiger partial charge in [-0.3, -0.25) is 0 Å². The fourth-order valence-corrected chi connectivity index (χ4v) is 2.25. The molecule has 0 aliphatic rings. The molecule has 0 aliphatic carbocycles. The summed E-state index contributed by atoms with van der Waals surface area (Å²) in [6.45, 7) is 0. The van der Waals surface area contributed by atoms with Crippen molar-refractivity contribution in [3.8, 4) is 28.1 Å². The molecule has 106 valence electrons. The lowest BCUT2D eigenvalue weighted by molar-refractivity contribution is 0.416. The third kappa shape index (κ3) is 2.33. The maximum Gasteiger partial charge on any atom is 0.230 e. The zero-order valence-electron chi connectivity index (χ0n) is 11.3. The van der Waals surface area contributed by atoms with Gasteiger partial charge in [0.2, 0.25) is 5.88 Å². The van der Waals surface area contributed by atoms with Crippen LogP contribution in [0.2, 0.25) is 0 Å². The maximum absolute atomic E-state index is 13.4. The zero-order chi connectivity index (χ0) is 14.8. The van der Waals surface area contributed by atoms with E-state index in [9.17, 15) is 4.39 Å². The molecule has 1 heterocycles. The molecule has 5 heteroatoms. The van der Waals surface area contributed by atoms with Crippen LogP contribution in [0.3, 0.4) is 0 Å². The Balaban J connectivity index is 2.22. The molecule has 0 atom stereocenters. The van der Waals surface area contributed by atoms with Gasteiger partial charge in [-0.05, 0) is 18.2 Å². The highest BCUT2D eigenvalue weighted by molar-refractivity contribution is 5.89. The van der Waals surface area contributed by atoms with E-state index in [1.54, 1.807) is 19.2 Å². The van der Waals surface area contributed by atoms with Crippen molar-refractivity contribution in [3.05, 3.63) is 54.3 Å². The minimum absolute atomic E-state index is 0.166. The summed E-state index contributed by atoms with van der Waals surface area (Å²) in [5.41, 5.74) is 8.31. The third-order valence-electron chi connectivity index (χ3n) is 3.19. The number of hydrogen-bond acceptors (Lipinski definition) is 4. The molecular weight excluding hydrogens is 271 g/mol. The number of ether oxygens (including phenoxy) is 1. The Morgan fingerprint density at radius 3 is 2.71 bits per heavy atom. The van der Waals surface area contributed by atoms with E-state index in [2.05, 4.69) is 5.16 Å². The van der Waals surface area contributed by atoms with Crippen molar-refractivity contribution in [1.82, 2.24) is 5.16 Å². The van der Waals surface area contributed by atoms with E-state index in [0.717, 1.165) is 5.56 Å². The van der Waals surface area contributed by atoms with Gasteiger partial charge in [-0.15, -0.1) is 0 Å². The molecule has 2 aromatic carbocycles. The molecule has 0 amide bonds. The molecule has 0 saturated heterocycles. The summed E-state index contributed by atoms with van der Waals surface area (Å²) in [6, 6.07) is 13.5. The van der Waals surface area contributed by atoms with Gasteiger partial charge in [0.05, 0.1) is 12.7 Å². The fourth-order valence-electron chi connectivity index (χ4n) is 2.25. The van der Waals surface area contributed by atoms with E-state index in [1.807, 2.05) is 24.3 Å². The summed E-state index contributed by atoms with van der Waals surface area (Å²) in [5.74, 6) is 0.462. The lowest BCUT2D eigenvalue weighted by Gasteiger charge is -2.08. The average molecular weight is 284 g/mol. The zero-order valence-corrected chi connectivity index (χ0v) is 11.3. The van der Waals surface area contributed by atoms with Crippen molar-refractivity contribution < 1.29 is 13.7 Å². The topological polar surface area (TPSA) is 61.3 Å². The number of nitrogens with zero attached hydrogens (tertiary/aromatic N) is 1. The van der Waals surface area contributed by atoms with Gasteiger partial charge < -0.3 is 15.0 Å². The molecule has 3 aromatic rings. The van der Waals surface area contributed by atoms with Crippen molar-refractivity contribution in [3.63, 3.8) is 0 Å². The standard InChI is InChI=1S/C16H13FN2O2/c1-20-13-8-3-2-7-12(13)14-15(19-21-16(14)18)10-5-4-6-11(17)9-10/h2-9H,18H2,1H3. The summed E-state index contributed by atoms with van der Waals surface area (Å²) < 4.78 is 23.9. The number of methoxy groups -OCH3 is 1. The van der Waals surface area contributed by atoms with E-state index < -0.39 is 0 Å². The molecule has 0 saturated carbocycles. The van der Waals surface area contributed by atoms with E-state index in [1.165, 1.54) is 12.1 Å². The van der Waals surface area contributed by atoms with Gasteiger partial charge in [-0.1, -0.05) is 35.5 Å². The number of halogens is 1. The molecule has 21 heavy (non-hydrogen) atoms. The Kier molecular flexibility index (Phi) is 3.31. The van der Waals surface area contributed by atoms with Crippen LogP contribution < -0.4 is 10.5 Å². The number of aromatic nitrogens is 1. The molecular formula is C16H13FN2O2. The SMILES string of the molecule is COc1ccccc1-c1c(-c2cccc(F)c2)noc1N. The van der Waals surface area contributed by atoms with Crippen LogP contribution in [0.5, 0.6) is 5.75 Å². The van der Waals surface area contributed by atoms with Crippen LogP contribution in [0.4, 0.5) is 10.3 Å². The molecule has 0 bridgehead atoms. The van der Waals surface area contributed by atoms with E-state index in [0.29, 0.717) is 22.6 Å². The second-order valence-corrected chi connectivity index (χ2v) is 4.48. The molecule has 2 N–H and O–H groups in total. The Labute approximate surface area is 120 Å². The summed E-state index contributed by atoms with van der Waals surface area (Å²) in [4.78, 5) is 0. The van der Waals surface area contributed by atoms with Crippen LogP contribution in [0.15, 0.2) is 53.1 Å². The highest BCUT2D eigenvalue weighted by Gasteiger charge is 2.20. The molecule has 4 nitrogen and oxygen atoms in total. The summed E-state index contributed by atoms with van der Waals surface area (Å²) in [7, 11) is 1.57. The molecule has 0 unspecified atom stereocenters. The lowest BCUT2D eigenvalue weighted by Crippen LogP contribution is -1.92. The van der Waals surface area contributed by atoms with Gasteiger partial charge in [-0.25, -0.2) is 4.39 Å². The Morgan fingerprint density at radius 2 is 1.95 bits per heavy atom. The number of hydrogen-bond donors (Lipinski definition) is 1. The molecule has 0 fully saturated rings. The normalized spacial score (nSPS) is 10.6. The molecule has 3 rings (SSSR count). The number of nitrogens with two attached hydrogens (primary N) is 1. The van der Waals surface area contributed by atoms with Crippen molar-refractivity contribution in [2.24, 2.45) is 0 Å². The number of para-hydroxylation sites is 1. The smallest absolute Gasteiger partial charge is 0.230 e. The van der Waals surface area contributed by atoms with E-state index >= 15 is 0 Å². The Bertz CT molecular complexity index is 783. The predicted molar refractivity (Wildman–Crippen MR) is 78.3 cm³/mol. The van der Waals surface area contributed by atoms with Crippen molar-refractivity contribution in [2.75, 3.05) is 12.8 Å². The Hall–Kier alpha value is -2.82. The van der Waals surface area contributed by atoms with Crippen LogP contribution in [0.1, 0.15) is 0 Å². The second kappa shape index (κ2) is 5.28. The summed E-state index contributed by atoms with van der Waals surface area (Å²) >= 11 is 0. The fraction of sp³-hybridized carbons (Fsp3) is 0.0625. The van der Waals surface area contributed by atoms with Crippen LogP contribution in [0.25, 0.3) is 22.4 Å². The first-order valence-corrected chi connectivity index (χ1v) is 6.35. The minimum Gasteiger partial charge on any atom is -0.496 e. The van der Waals surface area contributed by atoms with Gasteiger partial charge in [0, 0.05) is 11.1 Å².